The predicted octanol–water partition coefficient (Wildman–Crippen LogP) is 5.96. The number of rotatable bonds is 7. The van der Waals surface area contributed by atoms with Crippen LogP contribution >= 0.6 is 11.8 Å². The zero-order chi connectivity index (χ0) is 26.9. The van der Waals surface area contributed by atoms with Crippen molar-refractivity contribution in [3.8, 4) is 22.9 Å². The van der Waals surface area contributed by atoms with E-state index in [0.29, 0.717) is 34.7 Å². The first-order valence-electron chi connectivity index (χ1n) is 12.8. The number of anilines is 1. The van der Waals surface area contributed by atoms with Gasteiger partial charge in [0.15, 0.2) is 17.3 Å². The van der Waals surface area contributed by atoms with Crippen LogP contribution in [0, 0.1) is 0 Å². The highest BCUT2D eigenvalue weighted by Crippen LogP contribution is 2.40. The Bertz CT molecular complexity index is 1520. The smallest absolute Gasteiger partial charge is 0.255 e. The Hall–Kier alpha value is -4.17. The van der Waals surface area contributed by atoms with Gasteiger partial charge in [-0.05, 0) is 60.2 Å². The van der Waals surface area contributed by atoms with E-state index >= 15 is 0 Å². The number of carbonyl (C=O) groups is 2. The van der Waals surface area contributed by atoms with Gasteiger partial charge < -0.3 is 24.1 Å². The number of thioether (sulfide) groups is 1. The Balaban J connectivity index is 1.21. The quantitative estimate of drug-likeness (QED) is 0.312. The fourth-order valence-electron chi connectivity index (χ4n) is 5.04. The Morgan fingerprint density at radius 1 is 0.949 bits per heavy atom. The number of Topliss-reactive ketones (excluding diaryl/α,β-unsaturated/α-hetero) is 1. The Morgan fingerprint density at radius 3 is 2.33 bits per heavy atom. The summed E-state index contributed by atoms with van der Waals surface area (Å²) in [5.74, 6) is 3.58. The zero-order valence-electron chi connectivity index (χ0n) is 21.7. The molecular weight excluding hydrogens is 512 g/mol. The zero-order valence-corrected chi connectivity index (χ0v) is 22.5. The maximum atomic E-state index is 13.4. The van der Waals surface area contributed by atoms with E-state index in [9.17, 15) is 9.59 Å². The molecule has 0 saturated carbocycles. The fourth-order valence-corrected chi connectivity index (χ4v) is 5.60. The van der Waals surface area contributed by atoms with Gasteiger partial charge in [-0.15, -0.1) is 0 Å². The van der Waals surface area contributed by atoms with Crippen LogP contribution in [0.5, 0.6) is 17.2 Å². The summed E-state index contributed by atoms with van der Waals surface area (Å²) in [6, 6.07) is 22.5. The molecule has 1 atom stereocenters. The second-order valence-corrected chi connectivity index (χ2v) is 10.7. The van der Waals surface area contributed by atoms with Crippen LogP contribution in [-0.2, 0) is 0 Å². The standard InChI is InChI=1S/C31H28N2O5S/c1-36-29-15-25-27(16-30(29)37-2)33-13-3-4-26(33)24(14-28(25)34)19-5-9-21(10-6-19)32-31(35)20-7-11-22(12-8-20)38-23-17-39-18-23/h3-13,15-16,23-24H,14,17-18H2,1-2H3,(H,32,35)/t24-/m0/s1. The summed E-state index contributed by atoms with van der Waals surface area (Å²) in [5, 5.41) is 2.96. The summed E-state index contributed by atoms with van der Waals surface area (Å²) in [6.07, 6.45) is 2.54. The molecule has 0 aliphatic carbocycles. The lowest BCUT2D eigenvalue weighted by molar-refractivity contribution is 0.0977. The molecule has 1 amide bonds. The molecule has 4 aromatic rings. The number of nitrogens with one attached hydrogen (secondary N) is 1. The van der Waals surface area contributed by atoms with E-state index in [1.165, 1.54) is 0 Å². The van der Waals surface area contributed by atoms with Gasteiger partial charge in [0.05, 0.1) is 19.9 Å². The predicted molar refractivity (Wildman–Crippen MR) is 152 cm³/mol. The molecule has 3 aromatic carbocycles. The molecule has 39 heavy (non-hydrogen) atoms. The van der Waals surface area contributed by atoms with Gasteiger partial charge in [0, 0.05) is 58.6 Å². The van der Waals surface area contributed by atoms with E-state index in [0.717, 1.165) is 34.2 Å². The minimum absolute atomic E-state index is 0.0283. The van der Waals surface area contributed by atoms with Gasteiger partial charge in [0.2, 0.25) is 0 Å². The SMILES string of the molecule is COc1cc2c(cc1OC)-n1cccc1[C@H](c1ccc(NC(=O)c3ccc(OC4CSC4)cc3)cc1)CC2=O. The van der Waals surface area contributed by atoms with Gasteiger partial charge in [-0.25, -0.2) is 0 Å². The number of aromatic nitrogens is 1. The number of amides is 1. The minimum atomic E-state index is -0.189. The third-order valence-corrected chi connectivity index (χ3v) is 8.40. The lowest BCUT2D eigenvalue weighted by Crippen LogP contribution is -2.31. The highest BCUT2D eigenvalue weighted by atomic mass is 32.2. The summed E-state index contributed by atoms with van der Waals surface area (Å²) in [7, 11) is 3.15. The summed E-state index contributed by atoms with van der Waals surface area (Å²) in [6.45, 7) is 0. The Kier molecular flexibility index (Phi) is 6.79. The van der Waals surface area contributed by atoms with Gasteiger partial charge in [0.1, 0.15) is 11.9 Å². The number of hydrogen-bond donors (Lipinski definition) is 1. The second-order valence-electron chi connectivity index (χ2n) is 9.59. The maximum Gasteiger partial charge on any atom is 0.255 e. The van der Waals surface area contributed by atoms with Crippen LogP contribution in [0.4, 0.5) is 5.69 Å². The number of benzene rings is 3. The molecule has 7 nitrogen and oxygen atoms in total. The van der Waals surface area contributed by atoms with Crippen molar-refractivity contribution in [3.05, 3.63) is 101 Å². The van der Waals surface area contributed by atoms with Gasteiger partial charge in [-0.2, -0.15) is 11.8 Å². The molecule has 1 fully saturated rings. The summed E-state index contributed by atoms with van der Waals surface area (Å²) >= 11 is 1.87. The van der Waals surface area contributed by atoms with Crippen molar-refractivity contribution >= 4 is 29.1 Å². The molecule has 3 heterocycles. The number of methoxy groups -OCH3 is 2. The van der Waals surface area contributed by atoms with Crippen molar-refractivity contribution in [1.82, 2.24) is 4.57 Å². The number of hydrogen-bond acceptors (Lipinski definition) is 6. The maximum absolute atomic E-state index is 13.4. The van der Waals surface area contributed by atoms with E-state index in [2.05, 4.69) is 5.32 Å². The van der Waals surface area contributed by atoms with Crippen LogP contribution in [0.2, 0.25) is 0 Å². The molecule has 0 radical (unpaired) electrons. The van der Waals surface area contributed by atoms with Crippen LogP contribution in [0.15, 0.2) is 79.0 Å². The highest BCUT2D eigenvalue weighted by molar-refractivity contribution is 8.00. The minimum Gasteiger partial charge on any atom is -0.493 e. The largest absolute Gasteiger partial charge is 0.493 e. The van der Waals surface area contributed by atoms with Crippen LogP contribution in [0.1, 0.15) is 44.3 Å². The third kappa shape index (κ3) is 4.88. The summed E-state index contributed by atoms with van der Waals surface area (Å²) in [5.41, 5.74) is 4.61. The van der Waals surface area contributed by atoms with Crippen molar-refractivity contribution in [1.29, 1.82) is 0 Å². The molecular formula is C31H28N2O5S. The summed E-state index contributed by atoms with van der Waals surface area (Å²) < 4.78 is 18.8. The number of ketones is 1. The van der Waals surface area contributed by atoms with Crippen molar-refractivity contribution in [2.75, 3.05) is 31.0 Å². The molecule has 6 rings (SSSR count). The third-order valence-electron chi connectivity index (χ3n) is 7.19. The lowest BCUT2D eigenvalue weighted by atomic mass is 9.90. The van der Waals surface area contributed by atoms with Crippen LogP contribution in [0.25, 0.3) is 5.69 Å². The normalized spacial score (nSPS) is 16.4. The molecule has 2 aliphatic rings. The van der Waals surface area contributed by atoms with Crippen LogP contribution in [-0.4, -0.2) is 48.1 Å². The number of fused-ring (bicyclic) bond motifs is 3. The topological polar surface area (TPSA) is 78.8 Å². The molecule has 1 saturated heterocycles. The van der Waals surface area contributed by atoms with E-state index in [1.807, 2.05) is 77.1 Å². The van der Waals surface area contributed by atoms with E-state index in [1.54, 1.807) is 32.4 Å². The van der Waals surface area contributed by atoms with Crippen molar-refractivity contribution in [2.24, 2.45) is 0 Å². The van der Waals surface area contributed by atoms with E-state index < -0.39 is 0 Å². The molecule has 2 aliphatic heterocycles. The van der Waals surface area contributed by atoms with Crippen molar-refractivity contribution in [2.45, 2.75) is 18.4 Å². The molecule has 1 N–H and O–H groups in total. The second kappa shape index (κ2) is 10.5. The molecule has 0 spiro atoms. The van der Waals surface area contributed by atoms with Crippen LogP contribution in [0.3, 0.4) is 0 Å². The first kappa shape index (κ1) is 25.1. The van der Waals surface area contributed by atoms with Gasteiger partial charge in [0.25, 0.3) is 5.91 Å². The first-order valence-corrected chi connectivity index (χ1v) is 13.9. The average Bonchev–Trinajstić information content (AvgIpc) is 3.39. The molecule has 1 aromatic heterocycles. The van der Waals surface area contributed by atoms with Crippen molar-refractivity contribution in [3.63, 3.8) is 0 Å². The average molecular weight is 541 g/mol. The van der Waals surface area contributed by atoms with Gasteiger partial charge in [-0.3, -0.25) is 9.59 Å². The molecule has 8 heteroatoms. The lowest BCUT2D eigenvalue weighted by Gasteiger charge is -2.25. The molecule has 198 valence electrons. The van der Waals surface area contributed by atoms with Crippen LogP contribution < -0.4 is 19.5 Å². The fraction of sp³-hybridized carbons (Fsp3) is 0.226. The number of ether oxygens (including phenoxy) is 3. The molecule has 0 bridgehead atoms. The van der Waals surface area contributed by atoms with E-state index in [4.69, 9.17) is 14.2 Å². The number of carbonyl (C=O) groups excluding carboxylic acids is 2. The Labute approximate surface area is 231 Å². The monoisotopic (exact) mass is 540 g/mol. The van der Waals surface area contributed by atoms with E-state index in [-0.39, 0.29) is 23.7 Å². The number of nitrogens with zero attached hydrogens (tertiary/aromatic N) is 1. The van der Waals surface area contributed by atoms with Crippen molar-refractivity contribution < 1.29 is 23.8 Å². The molecule has 0 unspecified atom stereocenters. The van der Waals surface area contributed by atoms with Gasteiger partial charge >= 0.3 is 0 Å². The van der Waals surface area contributed by atoms with Gasteiger partial charge in [-0.1, -0.05) is 12.1 Å². The highest BCUT2D eigenvalue weighted by Gasteiger charge is 2.30. The summed E-state index contributed by atoms with van der Waals surface area (Å²) in [4.78, 5) is 26.2. The Morgan fingerprint density at radius 2 is 1.67 bits per heavy atom. The first-order chi connectivity index (χ1) is 19.0.